The van der Waals surface area contributed by atoms with E-state index in [0.29, 0.717) is 23.7 Å². The lowest BCUT2D eigenvalue weighted by Crippen LogP contribution is -2.42. The second-order valence-electron chi connectivity index (χ2n) is 8.37. The van der Waals surface area contributed by atoms with Gasteiger partial charge < -0.3 is 29.0 Å². The summed E-state index contributed by atoms with van der Waals surface area (Å²) >= 11 is 0. The quantitative estimate of drug-likeness (QED) is 0.332. The summed E-state index contributed by atoms with van der Waals surface area (Å²) < 4.78 is 55.6. The van der Waals surface area contributed by atoms with Crippen LogP contribution in [0.25, 0.3) is 0 Å². The van der Waals surface area contributed by atoms with Gasteiger partial charge in [0.25, 0.3) is 10.0 Å². The normalized spacial score (nSPS) is 11.7. The molecule has 0 aliphatic rings. The molecule has 39 heavy (non-hydrogen) atoms. The maximum atomic E-state index is 14.0. The van der Waals surface area contributed by atoms with E-state index in [1.807, 2.05) is 19.1 Å². The van der Waals surface area contributed by atoms with Crippen molar-refractivity contribution in [2.24, 2.45) is 0 Å². The molecular formula is C28H34N2O8S. The molecule has 0 aliphatic heterocycles. The van der Waals surface area contributed by atoms with E-state index in [1.54, 1.807) is 31.4 Å². The Hall–Kier alpha value is -4.12. The minimum absolute atomic E-state index is 0.0972. The first-order valence-electron chi connectivity index (χ1n) is 12.1. The number of hydrogen-bond acceptors (Lipinski definition) is 8. The van der Waals surface area contributed by atoms with Crippen LogP contribution in [0.5, 0.6) is 28.7 Å². The minimum Gasteiger partial charge on any atom is -0.497 e. The summed E-state index contributed by atoms with van der Waals surface area (Å²) in [5, 5.41) is 2.95. The number of anilines is 1. The van der Waals surface area contributed by atoms with Crippen LogP contribution in [-0.2, 0) is 14.8 Å². The van der Waals surface area contributed by atoms with Gasteiger partial charge in [0.1, 0.15) is 23.8 Å². The highest BCUT2D eigenvalue weighted by molar-refractivity contribution is 7.92. The van der Waals surface area contributed by atoms with Crippen molar-refractivity contribution >= 4 is 21.6 Å². The van der Waals surface area contributed by atoms with Gasteiger partial charge in [0.15, 0.2) is 11.5 Å². The maximum Gasteiger partial charge on any atom is 0.265 e. The van der Waals surface area contributed by atoms with Crippen LogP contribution in [0.15, 0.2) is 65.6 Å². The Morgan fingerprint density at radius 1 is 0.769 bits per heavy atom. The van der Waals surface area contributed by atoms with Crippen molar-refractivity contribution in [3.8, 4) is 28.7 Å². The van der Waals surface area contributed by atoms with E-state index in [9.17, 15) is 13.2 Å². The van der Waals surface area contributed by atoms with Gasteiger partial charge >= 0.3 is 0 Å². The van der Waals surface area contributed by atoms with Gasteiger partial charge in [-0.25, -0.2) is 8.42 Å². The zero-order chi connectivity index (χ0) is 28.6. The maximum absolute atomic E-state index is 14.0. The molecule has 3 aromatic carbocycles. The summed E-state index contributed by atoms with van der Waals surface area (Å²) in [6.45, 7) is 1.41. The van der Waals surface area contributed by atoms with E-state index in [4.69, 9.17) is 23.7 Å². The number of benzene rings is 3. The van der Waals surface area contributed by atoms with E-state index in [-0.39, 0.29) is 28.1 Å². The van der Waals surface area contributed by atoms with Crippen molar-refractivity contribution in [3.63, 3.8) is 0 Å². The van der Waals surface area contributed by atoms with Gasteiger partial charge in [0.05, 0.1) is 52.2 Å². The lowest BCUT2D eigenvalue weighted by Gasteiger charge is -2.27. The van der Waals surface area contributed by atoms with Gasteiger partial charge in [-0.2, -0.15) is 0 Å². The molecule has 1 N–H and O–H groups in total. The van der Waals surface area contributed by atoms with Gasteiger partial charge in [-0.3, -0.25) is 9.10 Å². The molecule has 3 aromatic rings. The Morgan fingerprint density at radius 2 is 1.36 bits per heavy atom. The molecule has 0 radical (unpaired) electrons. The molecule has 210 valence electrons. The minimum atomic E-state index is -4.30. The largest absolute Gasteiger partial charge is 0.497 e. The zero-order valence-corrected chi connectivity index (χ0v) is 23.7. The smallest absolute Gasteiger partial charge is 0.265 e. The molecular weight excluding hydrogens is 524 g/mol. The fourth-order valence-corrected chi connectivity index (χ4v) is 5.46. The average Bonchev–Trinajstić information content (AvgIpc) is 2.97. The zero-order valence-electron chi connectivity index (χ0n) is 22.9. The number of ether oxygens (including phenoxy) is 5. The van der Waals surface area contributed by atoms with Gasteiger partial charge in [-0.1, -0.05) is 19.1 Å². The van der Waals surface area contributed by atoms with Gasteiger partial charge in [-0.05, 0) is 48.4 Å². The van der Waals surface area contributed by atoms with Crippen molar-refractivity contribution in [3.05, 3.63) is 66.2 Å². The van der Waals surface area contributed by atoms with Crippen LogP contribution in [0.2, 0.25) is 0 Å². The topological polar surface area (TPSA) is 113 Å². The summed E-state index contributed by atoms with van der Waals surface area (Å²) in [7, 11) is 3.03. The van der Waals surface area contributed by atoms with E-state index in [2.05, 4.69) is 5.32 Å². The molecule has 1 amide bonds. The number of amides is 1. The highest BCUT2D eigenvalue weighted by Crippen LogP contribution is 2.37. The van der Waals surface area contributed by atoms with Crippen LogP contribution in [0, 0.1) is 0 Å². The first kappa shape index (κ1) is 29.4. The monoisotopic (exact) mass is 558 g/mol. The number of carbonyl (C=O) groups is 1. The lowest BCUT2D eigenvalue weighted by atomic mass is 10.0. The Morgan fingerprint density at radius 3 is 1.92 bits per heavy atom. The molecule has 0 heterocycles. The van der Waals surface area contributed by atoms with E-state index in [1.165, 1.54) is 52.7 Å². The number of nitrogens with one attached hydrogen (secondary N) is 1. The molecule has 11 heteroatoms. The molecule has 0 aromatic heterocycles. The predicted molar refractivity (Wildman–Crippen MR) is 148 cm³/mol. The lowest BCUT2D eigenvalue weighted by molar-refractivity contribution is -0.120. The molecule has 10 nitrogen and oxygen atoms in total. The first-order chi connectivity index (χ1) is 18.7. The molecule has 0 bridgehead atoms. The standard InChI is InChI=1S/C28H34N2O8S/c1-7-23(19-8-10-20(34-2)11-9-19)29-28(31)18-30(24-16-21(35-3)12-14-25(24)36-4)39(32,33)22-13-15-26(37-5)27(17-22)38-6/h8-17,23H,7,18H2,1-6H3,(H,29,31). The third kappa shape index (κ3) is 6.66. The van der Waals surface area contributed by atoms with Crippen LogP contribution in [-0.4, -0.2) is 56.4 Å². The van der Waals surface area contributed by atoms with E-state index in [0.717, 1.165) is 9.87 Å². The Bertz CT molecular complexity index is 1380. The summed E-state index contributed by atoms with van der Waals surface area (Å²) in [5.74, 6) is 1.41. The highest BCUT2D eigenvalue weighted by Gasteiger charge is 2.31. The van der Waals surface area contributed by atoms with E-state index < -0.39 is 22.5 Å². The second-order valence-corrected chi connectivity index (χ2v) is 10.2. The number of nitrogens with zero attached hydrogens (tertiary/aromatic N) is 1. The Kier molecular flexibility index (Phi) is 9.89. The third-order valence-electron chi connectivity index (χ3n) is 6.15. The fraction of sp³-hybridized carbons (Fsp3) is 0.321. The van der Waals surface area contributed by atoms with Crippen molar-refractivity contribution < 1.29 is 36.9 Å². The van der Waals surface area contributed by atoms with Gasteiger partial charge in [0, 0.05) is 12.1 Å². The van der Waals surface area contributed by atoms with Crippen LogP contribution >= 0.6 is 0 Å². The van der Waals surface area contributed by atoms with E-state index >= 15 is 0 Å². The second kappa shape index (κ2) is 13.1. The van der Waals surface area contributed by atoms with Crippen molar-refractivity contribution in [1.29, 1.82) is 0 Å². The van der Waals surface area contributed by atoms with Crippen LogP contribution < -0.4 is 33.3 Å². The van der Waals surface area contributed by atoms with Crippen molar-refractivity contribution in [1.82, 2.24) is 5.32 Å². The third-order valence-corrected chi connectivity index (χ3v) is 7.90. The SMILES string of the molecule is CCC(NC(=O)CN(c1cc(OC)ccc1OC)S(=O)(=O)c1ccc(OC)c(OC)c1)c1ccc(OC)cc1. The number of sulfonamides is 1. The van der Waals surface area contributed by atoms with Crippen LogP contribution in [0.1, 0.15) is 24.9 Å². The molecule has 0 saturated carbocycles. The van der Waals surface area contributed by atoms with Crippen LogP contribution in [0.3, 0.4) is 0 Å². The molecule has 0 fully saturated rings. The fourth-order valence-electron chi connectivity index (χ4n) is 4.02. The Balaban J connectivity index is 2.04. The summed E-state index contributed by atoms with van der Waals surface area (Å²) in [6, 6.07) is 15.9. The highest BCUT2D eigenvalue weighted by atomic mass is 32.2. The summed E-state index contributed by atoms with van der Waals surface area (Å²) in [5.41, 5.74) is 0.999. The van der Waals surface area contributed by atoms with Gasteiger partial charge in [0.2, 0.25) is 5.91 Å². The first-order valence-corrected chi connectivity index (χ1v) is 13.6. The molecule has 3 rings (SSSR count). The van der Waals surface area contributed by atoms with Crippen molar-refractivity contribution in [2.45, 2.75) is 24.3 Å². The van der Waals surface area contributed by atoms with Crippen molar-refractivity contribution in [2.75, 3.05) is 46.4 Å². The molecule has 0 spiro atoms. The average molecular weight is 559 g/mol. The van der Waals surface area contributed by atoms with Gasteiger partial charge in [-0.15, -0.1) is 0 Å². The van der Waals surface area contributed by atoms with Crippen LogP contribution in [0.4, 0.5) is 5.69 Å². The predicted octanol–water partition coefficient (Wildman–Crippen LogP) is 4.19. The summed E-state index contributed by atoms with van der Waals surface area (Å²) in [4.78, 5) is 13.3. The number of carbonyl (C=O) groups excluding carboxylic acids is 1. The number of methoxy groups -OCH3 is 5. The molecule has 1 atom stereocenters. The number of hydrogen-bond donors (Lipinski definition) is 1. The summed E-state index contributed by atoms with van der Waals surface area (Å²) in [6.07, 6.45) is 0.586. The number of rotatable bonds is 13. The molecule has 0 aliphatic carbocycles. The molecule has 0 saturated heterocycles. The Labute approximate surface area is 229 Å². The molecule has 1 unspecified atom stereocenters.